The van der Waals surface area contributed by atoms with Gasteiger partial charge in [-0.3, -0.25) is 9.78 Å². The number of pyridine rings is 1. The van der Waals surface area contributed by atoms with Crippen LogP contribution in [0.4, 0.5) is 5.82 Å². The summed E-state index contributed by atoms with van der Waals surface area (Å²) in [7, 11) is 1.98. The van der Waals surface area contributed by atoms with Crippen molar-refractivity contribution in [3.05, 3.63) is 29.6 Å². The quantitative estimate of drug-likeness (QED) is 0.687. The minimum atomic E-state index is 0.190. The normalized spacial score (nSPS) is 18.6. The Balaban J connectivity index is 1.38. The topological polar surface area (TPSA) is 71.5 Å². The number of likely N-dealkylation sites (tertiary alicyclic amines) is 1. The zero-order chi connectivity index (χ0) is 21.9. The highest BCUT2D eigenvalue weighted by Gasteiger charge is 2.25. The smallest absolute Gasteiger partial charge is 0.242 e. The van der Waals surface area contributed by atoms with E-state index in [4.69, 9.17) is 14.7 Å². The second-order valence-electron chi connectivity index (χ2n) is 9.35. The fourth-order valence-electron chi connectivity index (χ4n) is 4.83. The van der Waals surface area contributed by atoms with Gasteiger partial charge < -0.3 is 14.5 Å². The maximum atomic E-state index is 13.0. The van der Waals surface area contributed by atoms with Crippen LogP contribution in [-0.2, 0) is 17.6 Å². The molecule has 0 atom stereocenters. The van der Waals surface area contributed by atoms with E-state index in [1.54, 1.807) is 6.20 Å². The Morgan fingerprint density at radius 3 is 2.66 bits per heavy atom. The van der Waals surface area contributed by atoms with Gasteiger partial charge in [0.15, 0.2) is 5.82 Å². The average Bonchev–Trinajstić information content (AvgIpc) is 3.08. The highest BCUT2D eigenvalue weighted by molar-refractivity contribution is 5.81. The summed E-state index contributed by atoms with van der Waals surface area (Å²) in [5.41, 5.74) is 3.00. The third-order valence-corrected chi connectivity index (χ3v) is 6.92. The fraction of sp³-hybridized carbons (Fsp3) is 0.600. The van der Waals surface area contributed by atoms with Crippen molar-refractivity contribution in [3.63, 3.8) is 0 Å². The number of hydrogen-bond donors (Lipinski definition) is 0. The molecule has 2 aromatic heterocycles. The van der Waals surface area contributed by atoms with Crippen molar-refractivity contribution in [2.24, 2.45) is 0 Å². The number of fused-ring (bicyclic) bond motifs is 1. The van der Waals surface area contributed by atoms with E-state index >= 15 is 0 Å². The largest absolute Gasteiger partial charge is 0.490 e. The SMILES string of the molecule is CN(CC(=O)N1CCCCCC1)c1nc(-c2cc(OC3CCC3)ccn2)nc2c1CCC2. The van der Waals surface area contributed by atoms with Crippen molar-refractivity contribution in [3.8, 4) is 17.3 Å². The van der Waals surface area contributed by atoms with Gasteiger partial charge in [-0.25, -0.2) is 9.97 Å². The lowest BCUT2D eigenvalue weighted by Crippen LogP contribution is -2.40. The highest BCUT2D eigenvalue weighted by Crippen LogP contribution is 2.32. The van der Waals surface area contributed by atoms with Gasteiger partial charge in [-0.05, 0) is 57.4 Å². The first-order chi connectivity index (χ1) is 15.7. The number of carbonyl (C=O) groups excluding carboxylic acids is 1. The summed E-state index contributed by atoms with van der Waals surface area (Å²) in [5.74, 6) is 2.51. The van der Waals surface area contributed by atoms with E-state index in [2.05, 4.69) is 4.98 Å². The lowest BCUT2D eigenvalue weighted by atomic mass is 9.96. The van der Waals surface area contributed by atoms with Crippen LogP contribution in [-0.4, -0.2) is 58.5 Å². The first-order valence-electron chi connectivity index (χ1n) is 12.2. The fourth-order valence-corrected chi connectivity index (χ4v) is 4.83. The van der Waals surface area contributed by atoms with Gasteiger partial charge in [-0.2, -0.15) is 0 Å². The third-order valence-electron chi connectivity index (χ3n) is 6.92. The highest BCUT2D eigenvalue weighted by atomic mass is 16.5. The Morgan fingerprint density at radius 2 is 1.91 bits per heavy atom. The molecule has 0 N–H and O–H groups in total. The molecule has 7 nitrogen and oxygen atoms in total. The van der Waals surface area contributed by atoms with Crippen LogP contribution in [0.1, 0.15) is 62.6 Å². The van der Waals surface area contributed by atoms with Crippen LogP contribution >= 0.6 is 0 Å². The lowest BCUT2D eigenvalue weighted by Gasteiger charge is -2.26. The third kappa shape index (κ3) is 4.57. The van der Waals surface area contributed by atoms with Gasteiger partial charge in [-0.15, -0.1) is 0 Å². The van der Waals surface area contributed by atoms with E-state index < -0.39 is 0 Å². The van der Waals surface area contributed by atoms with Gasteiger partial charge in [0.1, 0.15) is 17.3 Å². The number of aromatic nitrogens is 3. The molecule has 0 bridgehead atoms. The average molecular weight is 436 g/mol. The number of carbonyl (C=O) groups is 1. The molecule has 3 aliphatic rings. The van der Waals surface area contributed by atoms with Crippen LogP contribution in [0.15, 0.2) is 18.3 Å². The van der Waals surface area contributed by atoms with E-state index in [9.17, 15) is 4.79 Å². The molecular weight excluding hydrogens is 402 g/mol. The Kier molecular flexibility index (Phi) is 6.23. The van der Waals surface area contributed by atoms with E-state index in [1.807, 2.05) is 29.0 Å². The molecule has 7 heteroatoms. The summed E-state index contributed by atoms with van der Waals surface area (Å²) >= 11 is 0. The Bertz CT molecular complexity index is 967. The van der Waals surface area contributed by atoms with Gasteiger partial charge in [0.2, 0.25) is 5.91 Å². The second-order valence-corrected chi connectivity index (χ2v) is 9.35. The molecule has 1 amide bonds. The molecule has 1 saturated carbocycles. The Hall–Kier alpha value is -2.70. The molecule has 2 aromatic rings. The summed E-state index contributed by atoms with van der Waals surface area (Å²) in [6, 6.07) is 3.85. The molecule has 0 spiro atoms. The molecule has 32 heavy (non-hydrogen) atoms. The van der Waals surface area contributed by atoms with E-state index in [0.717, 1.165) is 81.0 Å². The van der Waals surface area contributed by atoms with E-state index in [1.165, 1.54) is 24.8 Å². The monoisotopic (exact) mass is 435 g/mol. The standard InChI is InChI=1S/C25H33N5O2/c1-29(17-23(31)30-14-4-2-3-5-15-30)25-20-10-7-11-21(20)27-24(28-25)22-16-19(12-13-26-22)32-18-8-6-9-18/h12-13,16,18H,2-11,14-15,17H2,1H3. The predicted octanol–water partition coefficient (Wildman–Crippen LogP) is 3.80. The van der Waals surface area contributed by atoms with Crippen LogP contribution in [0.5, 0.6) is 5.75 Å². The van der Waals surface area contributed by atoms with E-state index in [-0.39, 0.29) is 5.91 Å². The number of hydrogen-bond acceptors (Lipinski definition) is 6. The number of nitrogens with zero attached hydrogens (tertiary/aromatic N) is 5. The lowest BCUT2D eigenvalue weighted by molar-refractivity contribution is -0.129. The van der Waals surface area contributed by atoms with Gasteiger partial charge >= 0.3 is 0 Å². The minimum absolute atomic E-state index is 0.190. The summed E-state index contributed by atoms with van der Waals surface area (Å²) in [5, 5.41) is 0. The van der Waals surface area contributed by atoms with Gasteiger partial charge in [0.05, 0.1) is 12.6 Å². The summed E-state index contributed by atoms with van der Waals surface area (Å²) in [6.45, 7) is 2.09. The number of ether oxygens (including phenoxy) is 1. The molecule has 3 heterocycles. The molecule has 1 aliphatic heterocycles. The molecule has 0 radical (unpaired) electrons. The zero-order valence-electron chi connectivity index (χ0n) is 19.1. The van der Waals surface area contributed by atoms with Crippen LogP contribution < -0.4 is 9.64 Å². The van der Waals surface area contributed by atoms with Crippen molar-refractivity contribution >= 4 is 11.7 Å². The Labute approximate surface area is 190 Å². The maximum Gasteiger partial charge on any atom is 0.242 e. The zero-order valence-corrected chi connectivity index (χ0v) is 19.1. The summed E-state index contributed by atoms with van der Waals surface area (Å²) < 4.78 is 6.06. The van der Waals surface area contributed by atoms with Gasteiger partial charge in [0.25, 0.3) is 0 Å². The van der Waals surface area contributed by atoms with Crippen LogP contribution in [0, 0.1) is 0 Å². The van der Waals surface area contributed by atoms with Crippen LogP contribution in [0.2, 0.25) is 0 Å². The molecule has 1 saturated heterocycles. The first-order valence-corrected chi connectivity index (χ1v) is 12.2. The maximum absolute atomic E-state index is 13.0. The number of anilines is 1. The van der Waals surface area contributed by atoms with Crippen molar-refractivity contribution in [2.45, 2.75) is 70.3 Å². The molecular formula is C25H33N5O2. The summed E-state index contributed by atoms with van der Waals surface area (Å²) in [4.78, 5) is 31.3. The number of amides is 1. The molecule has 170 valence electrons. The molecule has 5 rings (SSSR count). The first kappa shape index (κ1) is 21.2. The van der Waals surface area contributed by atoms with Gasteiger partial charge in [-0.1, -0.05) is 12.8 Å². The molecule has 2 aliphatic carbocycles. The molecule has 2 fully saturated rings. The molecule has 0 aromatic carbocycles. The number of aryl methyl sites for hydroxylation is 1. The predicted molar refractivity (Wildman–Crippen MR) is 124 cm³/mol. The molecule has 0 unspecified atom stereocenters. The Morgan fingerprint density at radius 1 is 1.09 bits per heavy atom. The van der Waals surface area contributed by atoms with Crippen LogP contribution in [0.25, 0.3) is 11.5 Å². The second kappa shape index (κ2) is 9.43. The van der Waals surface area contributed by atoms with Crippen molar-refractivity contribution < 1.29 is 9.53 Å². The van der Waals surface area contributed by atoms with Gasteiger partial charge in [0, 0.05) is 43.7 Å². The van der Waals surface area contributed by atoms with Crippen LogP contribution in [0.3, 0.4) is 0 Å². The summed E-state index contributed by atoms with van der Waals surface area (Å²) in [6.07, 6.45) is 13.2. The number of rotatable bonds is 6. The number of likely N-dealkylation sites (N-methyl/N-ethyl adjacent to an activating group) is 1. The van der Waals surface area contributed by atoms with Crippen molar-refractivity contribution in [1.82, 2.24) is 19.9 Å². The van der Waals surface area contributed by atoms with Crippen molar-refractivity contribution in [1.29, 1.82) is 0 Å². The minimum Gasteiger partial charge on any atom is -0.490 e. The van der Waals surface area contributed by atoms with E-state index in [0.29, 0.717) is 18.5 Å². The van der Waals surface area contributed by atoms with Crippen molar-refractivity contribution in [2.75, 3.05) is 31.6 Å².